The third kappa shape index (κ3) is 4.68. The predicted octanol–water partition coefficient (Wildman–Crippen LogP) is 5.10. The number of benzene rings is 2. The third-order valence-corrected chi connectivity index (χ3v) is 4.25. The fourth-order valence-corrected chi connectivity index (χ4v) is 2.87. The van der Waals surface area contributed by atoms with E-state index in [1.165, 1.54) is 6.07 Å². The molecule has 27 heavy (non-hydrogen) atoms. The summed E-state index contributed by atoms with van der Waals surface area (Å²) < 4.78 is 65.9. The van der Waals surface area contributed by atoms with Crippen molar-refractivity contribution in [2.75, 3.05) is 13.2 Å². The summed E-state index contributed by atoms with van der Waals surface area (Å²) >= 11 is 0. The summed E-state index contributed by atoms with van der Waals surface area (Å²) in [6.45, 7) is 3.01. The van der Waals surface area contributed by atoms with E-state index in [9.17, 15) is 17.6 Å². The van der Waals surface area contributed by atoms with Crippen LogP contribution in [-0.4, -0.2) is 13.2 Å². The zero-order valence-corrected chi connectivity index (χ0v) is 14.7. The van der Waals surface area contributed by atoms with Gasteiger partial charge in [-0.05, 0) is 36.8 Å². The largest absolute Gasteiger partial charge is 0.348 e. The van der Waals surface area contributed by atoms with Crippen molar-refractivity contribution in [2.24, 2.45) is 5.92 Å². The molecule has 1 aliphatic heterocycles. The van der Waals surface area contributed by atoms with Crippen LogP contribution in [0.15, 0.2) is 30.3 Å². The second-order valence-corrected chi connectivity index (χ2v) is 6.39. The summed E-state index contributed by atoms with van der Waals surface area (Å²) in [7, 11) is 0. The molecule has 3 rings (SSSR count). The lowest BCUT2D eigenvalue weighted by atomic mass is 10.0. The van der Waals surface area contributed by atoms with E-state index in [1.807, 2.05) is 0 Å². The van der Waals surface area contributed by atoms with Gasteiger partial charge in [0.05, 0.1) is 18.8 Å². The number of rotatable bonds is 3. The maximum Gasteiger partial charge on any atom is 0.184 e. The first-order valence-corrected chi connectivity index (χ1v) is 8.67. The van der Waals surface area contributed by atoms with Gasteiger partial charge >= 0.3 is 0 Å². The molecule has 1 aliphatic rings. The molecule has 0 saturated carbocycles. The molecule has 0 radical (unpaired) electrons. The molecule has 0 amide bonds. The molecular formula is C21H18F4O2. The monoisotopic (exact) mass is 378 g/mol. The highest BCUT2D eigenvalue weighted by Crippen LogP contribution is 2.29. The Morgan fingerprint density at radius 1 is 0.889 bits per heavy atom. The van der Waals surface area contributed by atoms with E-state index in [1.54, 1.807) is 0 Å². The quantitative estimate of drug-likeness (QED) is 0.546. The average molecular weight is 378 g/mol. The Morgan fingerprint density at radius 3 is 2.15 bits per heavy atom. The van der Waals surface area contributed by atoms with E-state index >= 15 is 0 Å². The van der Waals surface area contributed by atoms with Crippen molar-refractivity contribution >= 4 is 0 Å². The average Bonchev–Trinajstić information content (AvgIpc) is 2.64. The molecule has 0 N–H and O–H groups in total. The van der Waals surface area contributed by atoms with E-state index in [0.717, 1.165) is 37.1 Å². The SMILES string of the molecule is CCC[C@H]1CO[C@H](c2cc(F)c(C#Cc3ccc(F)c(F)c3)c(F)c2)OC1. The fraction of sp³-hybridized carbons (Fsp3) is 0.333. The van der Waals surface area contributed by atoms with Crippen molar-refractivity contribution in [1.29, 1.82) is 0 Å². The highest BCUT2D eigenvalue weighted by Gasteiger charge is 2.24. The Morgan fingerprint density at radius 2 is 1.56 bits per heavy atom. The van der Waals surface area contributed by atoms with Crippen molar-refractivity contribution in [2.45, 2.75) is 26.1 Å². The molecule has 0 spiro atoms. The summed E-state index contributed by atoms with van der Waals surface area (Å²) in [4.78, 5) is 0. The van der Waals surface area contributed by atoms with Gasteiger partial charge in [-0.15, -0.1) is 0 Å². The zero-order valence-electron chi connectivity index (χ0n) is 14.7. The van der Waals surface area contributed by atoms with Crippen LogP contribution < -0.4 is 0 Å². The van der Waals surface area contributed by atoms with Crippen molar-refractivity contribution in [3.05, 3.63) is 70.3 Å². The minimum Gasteiger partial charge on any atom is -0.348 e. The summed E-state index contributed by atoms with van der Waals surface area (Å²) in [5, 5.41) is 0. The van der Waals surface area contributed by atoms with E-state index < -0.39 is 35.1 Å². The van der Waals surface area contributed by atoms with Crippen molar-refractivity contribution < 1.29 is 27.0 Å². The fourth-order valence-electron chi connectivity index (χ4n) is 2.87. The highest BCUT2D eigenvalue weighted by molar-refractivity contribution is 5.45. The van der Waals surface area contributed by atoms with Crippen LogP contribution in [0.2, 0.25) is 0 Å². The van der Waals surface area contributed by atoms with Gasteiger partial charge in [-0.25, -0.2) is 17.6 Å². The van der Waals surface area contributed by atoms with E-state index in [-0.39, 0.29) is 17.0 Å². The van der Waals surface area contributed by atoms with Crippen LogP contribution in [0.1, 0.15) is 42.7 Å². The molecule has 0 bridgehead atoms. The molecule has 0 aromatic heterocycles. The van der Waals surface area contributed by atoms with Gasteiger partial charge in [-0.3, -0.25) is 0 Å². The van der Waals surface area contributed by atoms with Crippen LogP contribution in [0, 0.1) is 41.0 Å². The van der Waals surface area contributed by atoms with Gasteiger partial charge in [0.15, 0.2) is 17.9 Å². The summed E-state index contributed by atoms with van der Waals surface area (Å²) in [5.41, 5.74) is -0.112. The lowest BCUT2D eigenvalue weighted by Crippen LogP contribution is -2.27. The normalized spacial score (nSPS) is 19.4. The van der Waals surface area contributed by atoms with Crippen LogP contribution in [0.5, 0.6) is 0 Å². The van der Waals surface area contributed by atoms with Gasteiger partial charge in [-0.2, -0.15) is 0 Å². The molecule has 2 aromatic rings. The van der Waals surface area contributed by atoms with Gasteiger partial charge in [-0.1, -0.05) is 25.2 Å². The first kappa shape index (κ1) is 19.4. The lowest BCUT2D eigenvalue weighted by Gasteiger charge is -2.29. The Labute approximate surface area is 155 Å². The van der Waals surface area contributed by atoms with Gasteiger partial charge < -0.3 is 9.47 Å². The van der Waals surface area contributed by atoms with E-state index in [0.29, 0.717) is 13.2 Å². The minimum absolute atomic E-state index is 0.109. The molecule has 6 heteroatoms. The maximum atomic E-state index is 14.3. The Balaban J connectivity index is 1.78. The van der Waals surface area contributed by atoms with Gasteiger partial charge in [0.1, 0.15) is 11.6 Å². The van der Waals surface area contributed by atoms with Crippen LogP contribution in [-0.2, 0) is 9.47 Å². The van der Waals surface area contributed by atoms with Crippen molar-refractivity contribution in [1.82, 2.24) is 0 Å². The molecule has 0 atom stereocenters. The number of hydrogen-bond donors (Lipinski definition) is 0. The number of halogens is 4. The van der Waals surface area contributed by atoms with Gasteiger partial charge in [0, 0.05) is 17.0 Å². The smallest absolute Gasteiger partial charge is 0.184 e. The number of hydrogen-bond acceptors (Lipinski definition) is 2. The summed E-state index contributed by atoms with van der Waals surface area (Å²) in [6, 6.07) is 5.22. The summed E-state index contributed by atoms with van der Waals surface area (Å²) in [5.74, 6) is 1.20. The van der Waals surface area contributed by atoms with Gasteiger partial charge in [0.25, 0.3) is 0 Å². The van der Waals surface area contributed by atoms with Crippen molar-refractivity contribution in [3.8, 4) is 11.8 Å². The zero-order chi connectivity index (χ0) is 19.4. The topological polar surface area (TPSA) is 18.5 Å². The second kappa shape index (κ2) is 8.55. The molecule has 2 nitrogen and oxygen atoms in total. The molecule has 1 heterocycles. The van der Waals surface area contributed by atoms with Crippen LogP contribution in [0.4, 0.5) is 17.6 Å². The van der Waals surface area contributed by atoms with Crippen molar-refractivity contribution in [3.63, 3.8) is 0 Å². The van der Waals surface area contributed by atoms with Crippen LogP contribution in [0.3, 0.4) is 0 Å². The first-order chi connectivity index (χ1) is 13.0. The molecule has 1 fully saturated rings. The Kier molecular flexibility index (Phi) is 6.15. The lowest BCUT2D eigenvalue weighted by molar-refractivity contribution is -0.206. The molecule has 1 saturated heterocycles. The van der Waals surface area contributed by atoms with Crippen LogP contribution in [0.25, 0.3) is 0 Å². The number of ether oxygens (including phenoxy) is 2. The van der Waals surface area contributed by atoms with Crippen LogP contribution >= 0.6 is 0 Å². The van der Waals surface area contributed by atoms with E-state index in [4.69, 9.17) is 9.47 Å². The second-order valence-electron chi connectivity index (χ2n) is 6.39. The minimum atomic E-state index is -1.08. The Hall–Kier alpha value is -2.36. The molecule has 0 aliphatic carbocycles. The first-order valence-electron chi connectivity index (χ1n) is 8.67. The molecule has 142 valence electrons. The highest BCUT2D eigenvalue weighted by atomic mass is 19.2. The van der Waals surface area contributed by atoms with Gasteiger partial charge in [0.2, 0.25) is 0 Å². The molecular weight excluding hydrogens is 360 g/mol. The molecule has 0 unspecified atom stereocenters. The maximum absolute atomic E-state index is 14.3. The summed E-state index contributed by atoms with van der Waals surface area (Å²) in [6.07, 6.45) is 1.15. The Bertz CT molecular complexity index is 854. The standard InChI is InChI=1S/C21H18F4O2/c1-2-3-14-11-26-21(27-12-14)15-9-18(23)16(19(24)10-15)6-4-13-5-7-17(22)20(25)8-13/h5,7-10,14,21H,2-3,11-12H2,1H3/t14-,21-. The third-order valence-electron chi connectivity index (χ3n) is 4.25. The predicted molar refractivity (Wildman–Crippen MR) is 91.7 cm³/mol. The molecule has 2 aromatic carbocycles. The van der Waals surface area contributed by atoms with E-state index in [2.05, 4.69) is 18.8 Å².